The van der Waals surface area contributed by atoms with Crippen LogP contribution in [0.4, 0.5) is 22.0 Å². The van der Waals surface area contributed by atoms with Gasteiger partial charge in [0.2, 0.25) is 0 Å². The number of methoxy groups -OCH3 is 1. The maximum Gasteiger partial charge on any atom is 0.467 e. The highest BCUT2D eigenvalue weighted by molar-refractivity contribution is 7.95. The molecule has 8 heteroatoms. The van der Waals surface area contributed by atoms with E-state index in [0.717, 1.165) is 7.11 Å². The smallest absolute Gasteiger partial charge is 0.378 e. The van der Waals surface area contributed by atoms with E-state index in [4.69, 9.17) is 0 Å². The summed E-state index contributed by atoms with van der Waals surface area (Å²) in [5.41, 5.74) is -4.66. The number of hydrogen-bond donors (Lipinski definition) is 0. The lowest BCUT2D eigenvalue weighted by Gasteiger charge is -2.14. The van der Waals surface area contributed by atoms with E-state index in [9.17, 15) is 22.0 Å². The van der Waals surface area contributed by atoms with Crippen LogP contribution in [0.1, 0.15) is 0 Å². The molecule has 0 aromatic rings. The summed E-state index contributed by atoms with van der Waals surface area (Å²) >= 11 is -0.949. The van der Waals surface area contributed by atoms with E-state index in [0.29, 0.717) is 0 Å². The van der Waals surface area contributed by atoms with E-state index in [2.05, 4.69) is 8.92 Å². The van der Waals surface area contributed by atoms with Gasteiger partial charge in [-0.15, -0.1) is 0 Å². The third kappa shape index (κ3) is 8.26. The van der Waals surface area contributed by atoms with Crippen LogP contribution < -0.4 is 0 Å². The molecule has 0 aromatic heterocycles. The molecular formula is C5H7F5O2S. The van der Waals surface area contributed by atoms with Gasteiger partial charge in [0.1, 0.15) is 25.3 Å². The van der Waals surface area contributed by atoms with Gasteiger partial charge in [-0.2, -0.15) is 13.2 Å². The molecular weight excluding hydrogens is 219 g/mol. The van der Waals surface area contributed by atoms with Crippen molar-refractivity contribution in [2.75, 3.05) is 20.3 Å². The zero-order valence-electron chi connectivity index (χ0n) is 6.53. The summed E-state index contributed by atoms with van der Waals surface area (Å²) in [7, 11) is 1.02. The number of halogens is 5. The number of rotatable bonds is 5. The van der Waals surface area contributed by atoms with Crippen molar-refractivity contribution in [3.63, 3.8) is 0 Å². The zero-order chi connectivity index (χ0) is 10.5. The second-order valence-corrected chi connectivity index (χ2v) is 2.95. The van der Waals surface area contributed by atoms with Crippen LogP contribution >= 0.6 is 12.0 Å². The van der Waals surface area contributed by atoms with Crippen molar-refractivity contribution < 1.29 is 30.9 Å². The SMILES string of the molecule is COCC(F)(F)COSC(F)(F)F. The zero-order valence-corrected chi connectivity index (χ0v) is 7.35. The van der Waals surface area contributed by atoms with Gasteiger partial charge in [-0.05, 0) is 0 Å². The Kier molecular flexibility index (Phi) is 4.93. The molecule has 0 saturated carbocycles. The molecule has 13 heavy (non-hydrogen) atoms. The lowest BCUT2D eigenvalue weighted by molar-refractivity contribution is -0.0930. The first-order valence-electron chi connectivity index (χ1n) is 3.01. The van der Waals surface area contributed by atoms with E-state index in [-0.39, 0.29) is 0 Å². The van der Waals surface area contributed by atoms with Crippen molar-refractivity contribution in [1.29, 1.82) is 0 Å². The highest BCUT2D eigenvalue weighted by Crippen LogP contribution is 2.32. The molecule has 0 aliphatic rings. The molecule has 0 fully saturated rings. The quantitative estimate of drug-likeness (QED) is 0.530. The van der Waals surface area contributed by atoms with Gasteiger partial charge < -0.3 is 8.92 Å². The van der Waals surface area contributed by atoms with Crippen LogP contribution in [-0.4, -0.2) is 31.8 Å². The van der Waals surface area contributed by atoms with Crippen LogP contribution in [-0.2, 0) is 8.92 Å². The van der Waals surface area contributed by atoms with E-state index >= 15 is 0 Å². The molecule has 0 radical (unpaired) electrons. The summed E-state index contributed by atoms with van der Waals surface area (Å²) in [5, 5.41) is 0. The van der Waals surface area contributed by atoms with Crippen LogP contribution in [0, 0.1) is 0 Å². The van der Waals surface area contributed by atoms with Crippen LogP contribution in [0.2, 0.25) is 0 Å². The molecule has 0 aliphatic carbocycles. The second-order valence-electron chi connectivity index (χ2n) is 2.08. The van der Waals surface area contributed by atoms with Gasteiger partial charge in [-0.3, -0.25) is 0 Å². The highest BCUT2D eigenvalue weighted by atomic mass is 32.2. The van der Waals surface area contributed by atoms with Gasteiger partial charge in [0.15, 0.2) is 0 Å². The molecule has 0 atom stereocenters. The molecule has 2 nitrogen and oxygen atoms in total. The summed E-state index contributed by atoms with van der Waals surface area (Å²) in [4.78, 5) is 0. The summed E-state index contributed by atoms with van der Waals surface area (Å²) in [6.45, 7) is -2.30. The molecule has 0 aromatic carbocycles. The number of hydrogen-bond acceptors (Lipinski definition) is 3. The Morgan fingerprint density at radius 3 is 2.00 bits per heavy atom. The van der Waals surface area contributed by atoms with Gasteiger partial charge >= 0.3 is 5.51 Å². The standard InChI is InChI=1S/C5H7F5O2S/c1-11-2-4(6,7)3-12-13-5(8,9)10/h2-3H2,1H3. The fraction of sp³-hybridized carbons (Fsp3) is 1.00. The molecule has 0 amide bonds. The first-order valence-corrected chi connectivity index (χ1v) is 3.75. The summed E-state index contributed by atoms with van der Waals surface area (Å²) < 4.78 is 66.6. The topological polar surface area (TPSA) is 18.5 Å². The average molecular weight is 226 g/mol. The van der Waals surface area contributed by atoms with Crippen molar-refractivity contribution in [3.05, 3.63) is 0 Å². The van der Waals surface area contributed by atoms with E-state index in [1.54, 1.807) is 0 Å². The van der Waals surface area contributed by atoms with Crippen molar-refractivity contribution in [3.8, 4) is 0 Å². The Morgan fingerprint density at radius 1 is 1.08 bits per heavy atom. The fourth-order valence-electron chi connectivity index (χ4n) is 0.435. The molecule has 0 unspecified atom stereocenters. The Morgan fingerprint density at radius 2 is 1.62 bits per heavy atom. The number of ether oxygens (including phenoxy) is 1. The molecule has 0 heterocycles. The molecule has 0 N–H and O–H groups in total. The fourth-order valence-corrected chi connectivity index (χ4v) is 0.800. The normalized spacial score (nSPS) is 13.4. The first kappa shape index (κ1) is 12.9. The molecule has 0 spiro atoms. The molecule has 0 aliphatic heterocycles. The van der Waals surface area contributed by atoms with Crippen LogP contribution in [0.15, 0.2) is 0 Å². The van der Waals surface area contributed by atoms with Gasteiger partial charge in [0.25, 0.3) is 5.92 Å². The Hall–Kier alpha value is -0.0800. The maximum atomic E-state index is 12.4. The third-order valence-electron chi connectivity index (χ3n) is 0.779. The van der Waals surface area contributed by atoms with E-state index in [1.165, 1.54) is 0 Å². The molecule has 80 valence electrons. The maximum absolute atomic E-state index is 12.4. The van der Waals surface area contributed by atoms with Gasteiger partial charge in [0.05, 0.1) is 0 Å². The summed E-state index contributed by atoms with van der Waals surface area (Å²) in [6.07, 6.45) is 0. The third-order valence-corrected chi connectivity index (χ3v) is 1.20. The summed E-state index contributed by atoms with van der Waals surface area (Å²) in [6, 6.07) is 0. The average Bonchev–Trinajstić information content (AvgIpc) is 1.82. The lowest BCUT2D eigenvalue weighted by Crippen LogP contribution is -2.28. The Balaban J connectivity index is 3.63. The lowest BCUT2D eigenvalue weighted by atomic mass is 10.4. The molecule has 0 bridgehead atoms. The minimum absolute atomic E-state index is 0.949. The van der Waals surface area contributed by atoms with Gasteiger partial charge in [-0.25, -0.2) is 8.78 Å². The molecule has 0 rings (SSSR count). The van der Waals surface area contributed by atoms with E-state index < -0.39 is 36.7 Å². The first-order chi connectivity index (χ1) is 5.77. The van der Waals surface area contributed by atoms with Crippen LogP contribution in [0.25, 0.3) is 0 Å². The van der Waals surface area contributed by atoms with Crippen molar-refractivity contribution >= 4 is 12.0 Å². The minimum Gasteiger partial charge on any atom is -0.378 e. The van der Waals surface area contributed by atoms with Crippen molar-refractivity contribution in [1.82, 2.24) is 0 Å². The van der Waals surface area contributed by atoms with Gasteiger partial charge in [-0.1, -0.05) is 0 Å². The largest absolute Gasteiger partial charge is 0.467 e. The Labute approximate surface area is 75.6 Å². The minimum atomic E-state index is -4.66. The van der Waals surface area contributed by atoms with Crippen molar-refractivity contribution in [2.45, 2.75) is 11.4 Å². The van der Waals surface area contributed by atoms with Crippen LogP contribution in [0.5, 0.6) is 0 Å². The van der Waals surface area contributed by atoms with Crippen molar-refractivity contribution in [2.24, 2.45) is 0 Å². The predicted octanol–water partition coefficient (Wildman–Crippen LogP) is 2.45. The Bertz CT molecular complexity index is 148. The van der Waals surface area contributed by atoms with Gasteiger partial charge in [0, 0.05) is 7.11 Å². The predicted molar refractivity (Wildman–Crippen MR) is 36.4 cm³/mol. The van der Waals surface area contributed by atoms with E-state index in [1.807, 2.05) is 0 Å². The summed E-state index contributed by atoms with van der Waals surface area (Å²) in [5.74, 6) is -3.40. The number of alkyl halides is 5. The van der Waals surface area contributed by atoms with Crippen LogP contribution in [0.3, 0.4) is 0 Å². The second kappa shape index (κ2) is 4.97. The molecule has 0 saturated heterocycles. The highest BCUT2D eigenvalue weighted by Gasteiger charge is 2.35. The monoisotopic (exact) mass is 226 g/mol.